The van der Waals surface area contributed by atoms with Crippen molar-refractivity contribution in [1.82, 2.24) is 5.43 Å². The average Bonchev–Trinajstić information content (AvgIpc) is 2.71. The molecule has 82 valence electrons. The first kappa shape index (κ1) is 11.9. The largest absolute Gasteiger partial charge is 0.273 e. The molecule has 15 heavy (non-hydrogen) atoms. The maximum absolute atomic E-state index is 11.2. The summed E-state index contributed by atoms with van der Waals surface area (Å²) in [5.74, 6) is -0.00347. The highest BCUT2D eigenvalue weighted by molar-refractivity contribution is 7.11. The predicted molar refractivity (Wildman–Crippen MR) is 64.2 cm³/mol. The minimum Gasteiger partial charge on any atom is -0.273 e. The highest BCUT2D eigenvalue weighted by atomic mass is 32.1. The standard InChI is InChI=1S/C11H16N2OS/c1-2-3-4-7-11(14)13-12-9-10-6-5-8-15-10/h5-6,8-9H,2-4,7H2,1H3,(H,13,14)/b12-9+. The molecule has 0 aliphatic heterocycles. The van der Waals surface area contributed by atoms with Gasteiger partial charge in [-0.25, -0.2) is 5.43 Å². The summed E-state index contributed by atoms with van der Waals surface area (Å²) < 4.78 is 0. The van der Waals surface area contributed by atoms with Crippen LogP contribution in [0.2, 0.25) is 0 Å². The van der Waals surface area contributed by atoms with Crippen LogP contribution < -0.4 is 5.43 Å². The van der Waals surface area contributed by atoms with Crippen LogP contribution >= 0.6 is 11.3 Å². The topological polar surface area (TPSA) is 41.5 Å². The van der Waals surface area contributed by atoms with Crippen molar-refractivity contribution in [3.05, 3.63) is 22.4 Å². The lowest BCUT2D eigenvalue weighted by Gasteiger charge is -1.97. The highest BCUT2D eigenvalue weighted by Gasteiger charge is 1.97. The SMILES string of the molecule is CCCCCC(=O)N/N=C/c1cccs1. The van der Waals surface area contributed by atoms with Crippen LogP contribution in [0.1, 0.15) is 37.5 Å². The van der Waals surface area contributed by atoms with Crippen molar-refractivity contribution in [2.24, 2.45) is 5.10 Å². The molecule has 1 heterocycles. The molecule has 0 radical (unpaired) electrons. The van der Waals surface area contributed by atoms with Crippen LogP contribution in [0, 0.1) is 0 Å². The Labute approximate surface area is 94.2 Å². The molecule has 1 aromatic heterocycles. The zero-order chi connectivity index (χ0) is 10.9. The van der Waals surface area contributed by atoms with Gasteiger partial charge in [0.25, 0.3) is 0 Å². The fourth-order valence-corrected chi connectivity index (χ4v) is 1.71. The molecule has 0 unspecified atom stereocenters. The minimum atomic E-state index is -0.00347. The summed E-state index contributed by atoms with van der Waals surface area (Å²) in [4.78, 5) is 12.3. The Hall–Kier alpha value is -1.16. The van der Waals surface area contributed by atoms with Gasteiger partial charge in [0, 0.05) is 11.3 Å². The molecule has 0 saturated heterocycles. The van der Waals surface area contributed by atoms with E-state index in [1.54, 1.807) is 17.6 Å². The molecule has 3 nitrogen and oxygen atoms in total. The lowest BCUT2D eigenvalue weighted by Crippen LogP contribution is -2.16. The van der Waals surface area contributed by atoms with Crippen molar-refractivity contribution < 1.29 is 4.79 Å². The van der Waals surface area contributed by atoms with E-state index in [2.05, 4.69) is 17.5 Å². The van der Waals surface area contributed by atoms with Crippen LogP contribution in [0.3, 0.4) is 0 Å². The van der Waals surface area contributed by atoms with E-state index in [1.807, 2.05) is 17.5 Å². The summed E-state index contributed by atoms with van der Waals surface area (Å²) in [6.45, 7) is 2.12. The van der Waals surface area contributed by atoms with Crippen molar-refractivity contribution in [3.8, 4) is 0 Å². The van der Waals surface area contributed by atoms with Crippen LogP contribution in [0.4, 0.5) is 0 Å². The van der Waals surface area contributed by atoms with E-state index in [-0.39, 0.29) is 5.91 Å². The number of hydrogen-bond donors (Lipinski definition) is 1. The van der Waals surface area contributed by atoms with Crippen LogP contribution in [0.5, 0.6) is 0 Å². The Morgan fingerprint density at radius 3 is 3.13 bits per heavy atom. The van der Waals surface area contributed by atoms with Gasteiger partial charge in [0.1, 0.15) is 0 Å². The number of nitrogens with zero attached hydrogens (tertiary/aromatic N) is 1. The number of carbonyl (C=O) groups excluding carboxylic acids is 1. The van der Waals surface area contributed by atoms with Crippen molar-refractivity contribution in [2.45, 2.75) is 32.6 Å². The molecule has 1 rings (SSSR count). The summed E-state index contributed by atoms with van der Waals surface area (Å²) in [6.07, 6.45) is 5.41. The van der Waals surface area contributed by atoms with Crippen molar-refractivity contribution in [2.75, 3.05) is 0 Å². The van der Waals surface area contributed by atoms with Gasteiger partial charge in [-0.05, 0) is 17.9 Å². The van der Waals surface area contributed by atoms with Gasteiger partial charge >= 0.3 is 0 Å². The Balaban J connectivity index is 2.16. The lowest BCUT2D eigenvalue weighted by atomic mass is 10.2. The summed E-state index contributed by atoms with van der Waals surface area (Å²) in [5, 5.41) is 5.85. The van der Waals surface area contributed by atoms with E-state index in [9.17, 15) is 4.79 Å². The predicted octanol–water partition coefficient (Wildman–Crippen LogP) is 2.78. The van der Waals surface area contributed by atoms with E-state index in [1.165, 1.54) is 0 Å². The van der Waals surface area contributed by atoms with Gasteiger partial charge in [0.15, 0.2) is 0 Å². The van der Waals surface area contributed by atoms with E-state index in [0.29, 0.717) is 6.42 Å². The van der Waals surface area contributed by atoms with Crippen LogP contribution in [-0.2, 0) is 4.79 Å². The number of carbonyl (C=O) groups is 1. The fraction of sp³-hybridized carbons (Fsp3) is 0.455. The second-order valence-corrected chi connectivity index (χ2v) is 4.24. The molecule has 1 N–H and O–H groups in total. The van der Waals surface area contributed by atoms with Gasteiger partial charge in [-0.3, -0.25) is 4.79 Å². The average molecular weight is 224 g/mol. The van der Waals surface area contributed by atoms with Gasteiger partial charge in [-0.2, -0.15) is 5.10 Å². The molecule has 4 heteroatoms. The zero-order valence-electron chi connectivity index (χ0n) is 8.90. The monoisotopic (exact) mass is 224 g/mol. The summed E-state index contributed by atoms with van der Waals surface area (Å²) in [7, 11) is 0. The van der Waals surface area contributed by atoms with Crippen molar-refractivity contribution in [3.63, 3.8) is 0 Å². The summed E-state index contributed by atoms with van der Waals surface area (Å²) >= 11 is 1.60. The van der Waals surface area contributed by atoms with E-state index >= 15 is 0 Å². The third-order valence-electron chi connectivity index (χ3n) is 1.93. The molecule has 0 spiro atoms. The second-order valence-electron chi connectivity index (χ2n) is 3.27. The van der Waals surface area contributed by atoms with Crippen molar-refractivity contribution in [1.29, 1.82) is 0 Å². The Morgan fingerprint density at radius 2 is 2.47 bits per heavy atom. The first-order valence-electron chi connectivity index (χ1n) is 5.18. The van der Waals surface area contributed by atoms with Gasteiger partial charge in [0.2, 0.25) is 5.91 Å². The van der Waals surface area contributed by atoms with Crippen LogP contribution in [0.25, 0.3) is 0 Å². The van der Waals surface area contributed by atoms with Crippen LogP contribution in [0.15, 0.2) is 22.6 Å². The molecule has 0 bridgehead atoms. The quantitative estimate of drug-likeness (QED) is 0.450. The summed E-state index contributed by atoms with van der Waals surface area (Å²) in [5.41, 5.74) is 2.52. The Morgan fingerprint density at radius 1 is 1.60 bits per heavy atom. The van der Waals surface area contributed by atoms with Crippen LogP contribution in [-0.4, -0.2) is 12.1 Å². The lowest BCUT2D eigenvalue weighted by molar-refractivity contribution is -0.121. The fourth-order valence-electron chi connectivity index (χ4n) is 1.12. The van der Waals surface area contributed by atoms with E-state index < -0.39 is 0 Å². The van der Waals surface area contributed by atoms with Crippen molar-refractivity contribution >= 4 is 23.5 Å². The number of amides is 1. The molecule has 1 aromatic rings. The molecule has 0 aliphatic carbocycles. The van der Waals surface area contributed by atoms with Gasteiger partial charge in [-0.15, -0.1) is 11.3 Å². The number of rotatable bonds is 6. The van der Waals surface area contributed by atoms with Gasteiger partial charge in [-0.1, -0.05) is 25.8 Å². The molecular formula is C11H16N2OS. The smallest absolute Gasteiger partial charge is 0.240 e. The normalized spacial score (nSPS) is 10.7. The zero-order valence-corrected chi connectivity index (χ0v) is 9.72. The molecule has 0 saturated carbocycles. The summed E-state index contributed by atoms with van der Waals surface area (Å²) in [6, 6.07) is 3.91. The molecule has 0 atom stereocenters. The van der Waals surface area contributed by atoms with Gasteiger partial charge < -0.3 is 0 Å². The minimum absolute atomic E-state index is 0.00347. The first-order chi connectivity index (χ1) is 7.33. The molecule has 0 aromatic carbocycles. The number of unbranched alkanes of at least 4 members (excludes halogenated alkanes) is 2. The highest BCUT2D eigenvalue weighted by Crippen LogP contribution is 2.04. The molecule has 0 fully saturated rings. The molecule has 0 aliphatic rings. The Kier molecular flexibility index (Phi) is 5.70. The van der Waals surface area contributed by atoms with Gasteiger partial charge in [0.05, 0.1) is 6.21 Å². The third-order valence-corrected chi connectivity index (χ3v) is 2.74. The third kappa shape index (κ3) is 5.32. The van der Waals surface area contributed by atoms with E-state index in [0.717, 1.165) is 24.1 Å². The number of hydrazone groups is 1. The molecule has 1 amide bonds. The maximum Gasteiger partial charge on any atom is 0.240 e. The number of nitrogens with one attached hydrogen (secondary N) is 1. The maximum atomic E-state index is 11.2. The molecular weight excluding hydrogens is 208 g/mol. The second kappa shape index (κ2) is 7.17. The number of hydrogen-bond acceptors (Lipinski definition) is 3. The Bertz CT molecular complexity index is 306. The number of thiophene rings is 1. The van der Waals surface area contributed by atoms with E-state index in [4.69, 9.17) is 0 Å². The first-order valence-corrected chi connectivity index (χ1v) is 6.06.